The molecule has 23 heavy (non-hydrogen) atoms. The van der Waals surface area contributed by atoms with Gasteiger partial charge in [-0.1, -0.05) is 39.8 Å². The summed E-state index contributed by atoms with van der Waals surface area (Å²) in [6.45, 7) is 0.703. The van der Waals surface area contributed by atoms with Crippen LogP contribution >= 0.6 is 27.7 Å². The number of nitrogens with zero attached hydrogens (tertiary/aromatic N) is 3. The number of aromatic nitrogens is 3. The lowest BCUT2D eigenvalue weighted by Gasteiger charge is -2.08. The second-order valence-corrected chi connectivity index (χ2v) is 7.55. The molecule has 1 aliphatic carbocycles. The molecule has 0 aliphatic heterocycles. The van der Waals surface area contributed by atoms with Crippen LogP contribution in [0.4, 0.5) is 0 Å². The third-order valence-corrected chi connectivity index (χ3v) is 5.43. The Morgan fingerprint density at radius 3 is 2.70 bits per heavy atom. The molecule has 0 radical (unpaired) electrons. The highest BCUT2D eigenvalue weighted by molar-refractivity contribution is 9.10. The van der Waals surface area contributed by atoms with Gasteiger partial charge in [-0.25, -0.2) is 0 Å². The third kappa shape index (κ3) is 3.53. The first kappa shape index (κ1) is 15.0. The van der Waals surface area contributed by atoms with Crippen molar-refractivity contribution in [2.24, 2.45) is 0 Å². The molecule has 2 aromatic heterocycles. The lowest BCUT2D eigenvalue weighted by atomic mass is 10.2. The molecule has 0 atom stereocenters. The van der Waals surface area contributed by atoms with E-state index < -0.39 is 0 Å². The van der Waals surface area contributed by atoms with E-state index in [1.807, 2.05) is 12.1 Å². The number of thioether (sulfide) groups is 1. The van der Waals surface area contributed by atoms with Crippen LogP contribution < -0.4 is 0 Å². The van der Waals surface area contributed by atoms with Gasteiger partial charge in [-0.05, 0) is 42.7 Å². The number of hydrogen-bond acceptors (Lipinski definition) is 4. The van der Waals surface area contributed by atoms with E-state index in [4.69, 9.17) is 4.42 Å². The van der Waals surface area contributed by atoms with E-state index >= 15 is 0 Å². The van der Waals surface area contributed by atoms with Crippen LogP contribution in [0.25, 0.3) is 0 Å². The van der Waals surface area contributed by atoms with E-state index in [-0.39, 0.29) is 0 Å². The van der Waals surface area contributed by atoms with Crippen LogP contribution in [-0.2, 0) is 12.3 Å². The van der Waals surface area contributed by atoms with Crippen LogP contribution in [0.2, 0.25) is 0 Å². The fourth-order valence-electron chi connectivity index (χ4n) is 2.49. The molecule has 118 valence electrons. The molecular formula is C17H16BrN3OS. The molecule has 1 aliphatic rings. The summed E-state index contributed by atoms with van der Waals surface area (Å²) >= 11 is 5.20. The minimum absolute atomic E-state index is 0.569. The van der Waals surface area contributed by atoms with Crippen molar-refractivity contribution in [2.45, 2.75) is 36.2 Å². The average Bonchev–Trinajstić information content (AvgIpc) is 3.13. The molecule has 3 aromatic rings. The minimum atomic E-state index is 0.569. The highest BCUT2D eigenvalue weighted by atomic mass is 79.9. The van der Waals surface area contributed by atoms with Gasteiger partial charge in [0.25, 0.3) is 0 Å². The molecule has 2 heterocycles. The van der Waals surface area contributed by atoms with Crippen molar-refractivity contribution in [3.63, 3.8) is 0 Å². The molecule has 0 spiro atoms. The van der Waals surface area contributed by atoms with E-state index in [0.717, 1.165) is 27.0 Å². The number of furan rings is 1. The molecule has 0 unspecified atom stereocenters. The first-order valence-corrected chi connectivity index (χ1v) is 9.40. The maximum atomic E-state index is 5.50. The molecule has 0 saturated heterocycles. The fourth-order valence-corrected chi connectivity index (χ4v) is 3.65. The van der Waals surface area contributed by atoms with Crippen molar-refractivity contribution >= 4 is 27.7 Å². The Kier molecular flexibility index (Phi) is 4.27. The normalized spacial score (nSPS) is 14.3. The zero-order valence-corrected chi connectivity index (χ0v) is 14.9. The molecular weight excluding hydrogens is 374 g/mol. The summed E-state index contributed by atoms with van der Waals surface area (Å²) < 4.78 is 8.81. The van der Waals surface area contributed by atoms with Crippen LogP contribution in [0.1, 0.15) is 35.9 Å². The highest BCUT2D eigenvalue weighted by Crippen LogP contribution is 2.40. The van der Waals surface area contributed by atoms with Gasteiger partial charge in [0.05, 0.1) is 12.8 Å². The SMILES string of the molecule is Brc1ccc(CSc2nnc(C3CC3)n2Cc2ccco2)cc1. The van der Waals surface area contributed by atoms with Gasteiger partial charge in [-0.2, -0.15) is 0 Å². The molecule has 4 rings (SSSR count). The predicted octanol–water partition coefficient (Wildman–Crippen LogP) is 4.85. The van der Waals surface area contributed by atoms with Crippen molar-refractivity contribution in [1.29, 1.82) is 0 Å². The van der Waals surface area contributed by atoms with Crippen LogP contribution in [0.5, 0.6) is 0 Å². The quantitative estimate of drug-likeness (QED) is 0.565. The number of hydrogen-bond donors (Lipinski definition) is 0. The summed E-state index contributed by atoms with van der Waals surface area (Å²) in [5.74, 6) is 3.49. The molecule has 6 heteroatoms. The minimum Gasteiger partial charge on any atom is -0.467 e. The average molecular weight is 390 g/mol. The van der Waals surface area contributed by atoms with E-state index in [9.17, 15) is 0 Å². The van der Waals surface area contributed by atoms with E-state index in [2.05, 4.69) is 55.0 Å². The lowest BCUT2D eigenvalue weighted by Crippen LogP contribution is -2.05. The summed E-state index contributed by atoms with van der Waals surface area (Å²) in [4.78, 5) is 0. The van der Waals surface area contributed by atoms with Gasteiger partial charge in [0.1, 0.15) is 11.6 Å². The molecule has 0 bridgehead atoms. The largest absolute Gasteiger partial charge is 0.467 e. The molecule has 1 saturated carbocycles. The lowest BCUT2D eigenvalue weighted by molar-refractivity contribution is 0.478. The second-order valence-electron chi connectivity index (χ2n) is 5.70. The standard InChI is InChI=1S/C17H16BrN3OS/c18-14-7-3-12(4-8-14)11-23-17-20-19-16(13-5-6-13)21(17)10-15-2-1-9-22-15/h1-4,7-9,13H,5-6,10-11H2. The Balaban J connectivity index is 1.54. The zero-order chi connectivity index (χ0) is 15.6. The smallest absolute Gasteiger partial charge is 0.191 e. The van der Waals surface area contributed by atoms with Gasteiger partial charge in [-0.15, -0.1) is 10.2 Å². The van der Waals surface area contributed by atoms with Crippen molar-refractivity contribution < 1.29 is 4.42 Å². The monoisotopic (exact) mass is 389 g/mol. The Hall–Kier alpha value is -1.53. The third-order valence-electron chi connectivity index (χ3n) is 3.86. The van der Waals surface area contributed by atoms with Crippen molar-refractivity contribution in [3.8, 4) is 0 Å². The van der Waals surface area contributed by atoms with Crippen LogP contribution in [0.3, 0.4) is 0 Å². The van der Waals surface area contributed by atoms with Gasteiger partial charge in [0.15, 0.2) is 5.16 Å². The topological polar surface area (TPSA) is 43.9 Å². The van der Waals surface area contributed by atoms with Crippen LogP contribution in [0.15, 0.2) is 56.7 Å². The maximum absolute atomic E-state index is 5.50. The number of halogens is 1. The summed E-state index contributed by atoms with van der Waals surface area (Å²) in [6, 6.07) is 12.3. The fraction of sp³-hybridized carbons (Fsp3) is 0.294. The molecule has 1 fully saturated rings. The number of benzene rings is 1. The van der Waals surface area contributed by atoms with E-state index in [0.29, 0.717) is 12.5 Å². The van der Waals surface area contributed by atoms with Gasteiger partial charge >= 0.3 is 0 Å². The maximum Gasteiger partial charge on any atom is 0.191 e. The number of rotatable bonds is 6. The summed E-state index contributed by atoms with van der Waals surface area (Å²) in [5, 5.41) is 9.81. The van der Waals surface area contributed by atoms with Crippen LogP contribution in [-0.4, -0.2) is 14.8 Å². The first-order chi connectivity index (χ1) is 11.3. The van der Waals surface area contributed by atoms with E-state index in [1.165, 1.54) is 18.4 Å². The second kappa shape index (κ2) is 6.53. The van der Waals surface area contributed by atoms with E-state index in [1.54, 1.807) is 18.0 Å². The summed E-state index contributed by atoms with van der Waals surface area (Å²) in [7, 11) is 0. The molecule has 0 N–H and O–H groups in total. The Morgan fingerprint density at radius 1 is 1.17 bits per heavy atom. The Bertz CT molecular complexity index is 779. The Morgan fingerprint density at radius 2 is 2.00 bits per heavy atom. The zero-order valence-electron chi connectivity index (χ0n) is 12.5. The Labute approximate surface area is 147 Å². The van der Waals surface area contributed by atoms with Gasteiger partial charge in [0.2, 0.25) is 0 Å². The van der Waals surface area contributed by atoms with Gasteiger partial charge < -0.3 is 4.42 Å². The van der Waals surface area contributed by atoms with Gasteiger partial charge in [-0.3, -0.25) is 4.57 Å². The molecule has 4 nitrogen and oxygen atoms in total. The predicted molar refractivity (Wildman–Crippen MR) is 93.5 cm³/mol. The summed E-state index contributed by atoms with van der Waals surface area (Å²) in [6.07, 6.45) is 4.15. The van der Waals surface area contributed by atoms with Crippen molar-refractivity contribution in [3.05, 3.63) is 64.3 Å². The molecule has 0 amide bonds. The van der Waals surface area contributed by atoms with Crippen molar-refractivity contribution in [1.82, 2.24) is 14.8 Å². The highest BCUT2D eigenvalue weighted by Gasteiger charge is 2.30. The van der Waals surface area contributed by atoms with Crippen LogP contribution in [0, 0.1) is 0 Å². The summed E-state index contributed by atoms with van der Waals surface area (Å²) in [5.41, 5.74) is 1.28. The van der Waals surface area contributed by atoms with Gasteiger partial charge in [0, 0.05) is 16.1 Å². The first-order valence-electron chi connectivity index (χ1n) is 7.62. The van der Waals surface area contributed by atoms with Crippen molar-refractivity contribution in [2.75, 3.05) is 0 Å². The molecule has 1 aromatic carbocycles.